The number of nitrogens with one attached hydrogen (secondary N) is 1. The number of sulfonamides is 1. The van der Waals surface area contributed by atoms with Gasteiger partial charge in [-0.1, -0.05) is 23.7 Å². The van der Waals surface area contributed by atoms with Gasteiger partial charge in [0.25, 0.3) is 10.0 Å². The van der Waals surface area contributed by atoms with Crippen molar-refractivity contribution in [1.82, 2.24) is 9.55 Å². The van der Waals surface area contributed by atoms with Gasteiger partial charge in [0.1, 0.15) is 10.7 Å². The summed E-state index contributed by atoms with van der Waals surface area (Å²) in [6.45, 7) is 0. The Morgan fingerprint density at radius 2 is 2.00 bits per heavy atom. The van der Waals surface area contributed by atoms with Crippen LogP contribution in [0.25, 0.3) is 0 Å². The predicted octanol–water partition coefficient (Wildman–Crippen LogP) is 4.16. The maximum atomic E-state index is 13.2. The van der Waals surface area contributed by atoms with Gasteiger partial charge in [0.15, 0.2) is 5.16 Å². The van der Waals surface area contributed by atoms with Crippen molar-refractivity contribution in [2.45, 2.75) is 14.9 Å². The molecule has 2 aromatic carbocycles. The molecule has 5 nitrogen and oxygen atoms in total. The van der Waals surface area contributed by atoms with Gasteiger partial charge in [-0.15, -0.1) is 0 Å². The average Bonchev–Trinajstić information content (AvgIpc) is 2.93. The molecule has 0 amide bonds. The van der Waals surface area contributed by atoms with Gasteiger partial charge in [-0.05, 0) is 42.1 Å². The molecule has 9 heteroatoms. The van der Waals surface area contributed by atoms with E-state index in [1.165, 1.54) is 11.8 Å². The minimum atomic E-state index is -3.96. The van der Waals surface area contributed by atoms with E-state index in [2.05, 4.69) is 9.71 Å². The Bertz CT molecular complexity index is 1020. The summed E-state index contributed by atoms with van der Waals surface area (Å²) in [5, 5.41) is 0.535. The van der Waals surface area contributed by atoms with Crippen LogP contribution >= 0.6 is 23.4 Å². The smallest absolute Gasteiger partial charge is 0.263 e. The standard InChI is InChI=1S/C16H13ClFN3O2S2/c1-21-9-8-19-16(21)24-14-5-3-2-4-13(14)20-25(22,23)15-7-6-11(18)10-12(15)17/h2-10,20H,1H3. The molecule has 0 fully saturated rings. The highest BCUT2D eigenvalue weighted by molar-refractivity contribution is 7.99. The maximum Gasteiger partial charge on any atom is 0.263 e. The third-order valence-electron chi connectivity index (χ3n) is 3.29. The lowest BCUT2D eigenvalue weighted by Crippen LogP contribution is -2.14. The summed E-state index contributed by atoms with van der Waals surface area (Å²) in [4.78, 5) is 4.71. The molecule has 3 rings (SSSR count). The van der Waals surface area contributed by atoms with Crippen molar-refractivity contribution in [3.8, 4) is 0 Å². The molecular weight excluding hydrogens is 385 g/mol. The molecule has 0 aliphatic carbocycles. The van der Waals surface area contributed by atoms with E-state index in [0.717, 1.165) is 18.2 Å². The minimum Gasteiger partial charge on any atom is -0.329 e. The molecule has 1 N–H and O–H groups in total. The molecule has 0 unspecified atom stereocenters. The molecule has 25 heavy (non-hydrogen) atoms. The van der Waals surface area contributed by atoms with Crippen LogP contribution in [0.5, 0.6) is 0 Å². The van der Waals surface area contributed by atoms with Crippen molar-refractivity contribution in [1.29, 1.82) is 0 Å². The Hall–Kier alpha value is -2.03. The topological polar surface area (TPSA) is 64.0 Å². The number of imidazole rings is 1. The van der Waals surface area contributed by atoms with Crippen LogP contribution in [-0.2, 0) is 17.1 Å². The van der Waals surface area contributed by atoms with Crippen LogP contribution in [0.15, 0.2) is 69.8 Å². The molecule has 0 saturated heterocycles. The SMILES string of the molecule is Cn1ccnc1Sc1ccccc1NS(=O)(=O)c1ccc(F)cc1Cl. The zero-order chi connectivity index (χ0) is 18.0. The second-order valence-electron chi connectivity index (χ2n) is 5.10. The minimum absolute atomic E-state index is 0.179. The van der Waals surface area contributed by atoms with E-state index < -0.39 is 15.8 Å². The summed E-state index contributed by atoms with van der Waals surface area (Å²) in [6, 6.07) is 10.1. The van der Waals surface area contributed by atoms with E-state index in [9.17, 15) is 12.8 Å². The number of aromatic nitrogens is 2. The quantitative estimate of drug-likeness (QED) is 0.702. The van der Waals surface area contributed by atoms with Crippen LogP contribution in [0.1, 0.15) is 0 Å². The third-order valence-corrected chi connectivity index (χ3v) is 6.29. The van der Waals surface area contributed by atoms with Gasteiger partial charge in [0.2, 0.25) is 0 Å². The number of para-hydroxylation sites is 1. The molecule has 0 bridgehead atoms. The lowest BCUT2D eigenvalue weighted by atomic mass is 10.3. The Morgan fingerprint density at radius 1 is 1.24 bits per heavy atom. The third kappa shape index (κ3) is 3.97. The van der Waals surface area contributed by atoms with Crippen molar-refractivity contribution >= 4 is 39.1 Å². The van der Waals surface area contributed by atoms with Crippen LogP contribution in [0, 0.1) is 5.82 Å². The van der Waals surface area contributed by atoms with Crippen LogP contribution in [0.4, 0.5) is 10.1 Å². The molecule has 0 aliphatic rings. The Balaban J connectivity index is 1.94. The predicted molar refractivity (Wildman–Crippen MR) is 96.0 cm³/mol. The van der Waals surface area contributed by atoms with E-state index >= 15 is 0 Å². The molecule has 0 spiro atoms. The first kappa shape index (κ1) is 17.8. The molecule has 1 aromatic heterocycles. The summed E-state index contributed by atoms with van der Waals surface area (Å²) in [6.07, 6.45) is 3.46. The average molecular weight is 398 g/mol. The summed E-state index contributed by atoms with van der Waals surface area (Å²) >= 11 is 7.20. The van der Waals surface area contributed by atoms with Gasteiger partial charge >= 0.3 is 0 Å². The van der Waals surface area contributed by atoms with Crippen molar-refractivity contribution in [3.63, 3.8) is 0 Å². The number of benzene rings is 2. The van der Waals surface area contributed by atoms with Crippen molar-refractivity contribution in [2.24, 2.45) is 7.05 Å². The van der Waals surface area contributed by atoms with Crippen LogP contribution in [-0.4, -0.2) is 18.0 Å². The number of nitrogens with zero attached hydrogens (tertiary/aromatic N) is 2. The number of rotatable bonds is 5. The van der Waals surface area contributed by atoms with Gasteiger partial charge in [-0.25, -0.2) is 17.8 Å². The maximum absolute atomic E-state index is 13.2. The number of halogens is 2. The molecule has 1 heterocycles. The van der Waals surface area contributed by atoms with E-state index in [1.807, 2.05) is 11.6 Å². The highest BCUT2D eigenvalue weighted by Gasteiger charge is 2.20. The van der Waals surface area contributed by atoms with Gasteiger partial charge in [-0.2, -0.15) is 0 Å². The molecule has 3 aromatic rings. The van der Waals surface area contributed by atoms with Crippen molar-refractivity contribution in [2.75, 3.05) is 4.72 Å². The fourth-order valence-electron chi connectivity index (χ4n) is 2.08. The summed E-state index contributed by atoms with van der Waals surface area (Å²) < 4.78 is 42.7. The molecular formula is C16H13ClFN3O2S2. The number of aryl methyl sites for hydroxylation is 1. The molecule has 0 atom stereocenters. The van der Waals surface area contributed by atoms with E-state index in [1.54, 1.807) is 36.7 Å². The summed E-state index contributed by atoms with van der Waals surface area (Å²) in [5.41, 5.74) is 0.385. The second kappa shape index (κ2) is 7.07. The van der Waals surface area contributed by atoms with Crippen LogP contribution < -0.4 is 4.72 Å². The van der Waals surface area contributed by atoms with Gasteiger partial charge in [0.05, 0.1) is 10.7 Å². The molecule has 130 valence electrons. The number of anilines is 1. The lowest BCUT2D eigenvalue weighted by molar-refractivity contribution is 0.599. The van der Waals surface area contributed by atoms with Gasteiger partial charge < -0.3 is 4.57 Å². The fraction of sp³-hybridized carbons (Fsp3) is 0.0625. The largest absolute Gasteiger partial charge is 0.329 e. The second-order valence-corrected chi connectivity index (χ2v) is 8.17. The Morgan fingerprint density at radius 3 is 2.68 bits per heavy atom. The van der Waals surface area contributed by atoms with Gasteiger partial charge in [0, 0.05) is 24.3 Å². The highest BCUT2D eigenvalue weighted by atomic mass is 35.5. The molecule has 0 radical (unpaired) electrons. The Labute approximate surface area is 153 Å². The number of hydrogen-bond donors (Lipinski definition) is 1. The first-order valence-electron chi connectivity index (χ1n) is 7.09. The summed E-state index contributed by atoms with van der Waals surface area (Å²) in [7, 11) is -2.11. The zero-order valence-electron chi connectivity index (χ0n) is 13.0. The van der Waals surface area contributed by atoms with E-state index in [-0.39, 0.29) is 9.92 Å². The van der Waals surface area contributed by atoms with Gasteiger partial charge in [-0.3, -0.25) is 4.72 Å². The Kier molecular flexibility index (Phi) is 5.03. The first-order chi connectivity index (χ1) is 11.9. The monoisotopic (exact) mass is 397 g/mol. The van der Waals surface area contributed by atoms with E-state index in [0.29, 0.717) is 15.7 Å². The first-order valence-corrected chi connectivity index (χ1v) is 9.76. The summed E-state index contributed by atoms with van der Waals surface area (Å²) in [5.74, 6) is -0.602. The fourth-order valence-corrected chi connectivity index (χ4v) is 4.65. The lowest BCUT2D eigenvalue weighted by Gasteiger charge is -2.13. The number of hydrogen-bond acceptors (Lipinski definition) is 4. The molecule has 0 saturated carbocycles. The van der Waals surface area contributed by atoms with Crippen LogP contribution in [0.3, 0.4) is 0 Å². The molecule has 0 aliphatic heterocycles. The van der Waals surface area contributed by atoms with Crippen LogP contribution in [0.2, 0.25) is 5.02 Å². The normalized spacial score (nSPS) is 11.5. The zero-order valence-corrected chi connectivity index (χ0v) is 15.4. The van der Waals surface area contributed by atoms with Crippen molar-refractivity contribution < 1.29 is 12.8 Å². The van der Waals surface area contributed by atoms with Crippen molar-refractivity contribution in [3.05, 3.63) is 65.7 Å². The van der Waals surface area contributed by atoms with E-state index in [4.69, 9.17) is 11.6 Å². The highest BCUT2D eigenvalue weighted by Crippen LogP contribution is 2.34.